The maximum Gasteiger partial charge on any atom is 0.0589 e. The summed E-state index contributed by atoms with van der Waals surface area (Å²) in [6.07, 6.45) is 0. The predicted molar refractivity (Wildman–Crippen MR) is 102 cm³/mol. The van der Waals surface area contributed by atoms with E-state index in [0.29, 0.717) is 11.8 Å². The topological polar surface area (TPSA) is 40.9 Å². The van der Waals surface area contributed by atoms with Crippen molar-refractivity contribution in [2.45, 2.75) is 6.54 Å². The lowest BCUT2D eigenvalue weighted by Gasteiger charge is -2.23. The van der Waals surface area contributed by atoms with Crippen LogP contribution < -0.4 is 0 Å². The third-order valence-electron chi connectivity index (χ3n) is 5.55. The number of rotatable bonds is 8. The quantitative estimate of drug-likeness (QED) is 0.792. The van der Waals surface area contributed by atoms with Crippen LogP contribution in [0.1, 0.15) is 5.69 Å². The molecule has 2 aromatic rings. The number of hydrogen-bond donors (Lipinski definition) is 1. The molecule has 3 rings (SSSR count). The maximum absolute atomic E-state index is 9.80. The van der Waals surface area contributed by atoms with Gasteiger partial charge in [0.1, 0.15) is 0 Å². The van der Waals surface area contributed by atoms with Crippen molar-refractivity contribution in [3.63, 3.8) is 0 Å². The average Bonchev–Trinajstić information content (AvgIpc) is 3.14. The molecule has 0 aliphatic carbocycles. The summed E-state index contributed by atoms with van der Waals surface area (Å²) in [6.45, 7) is 5.94. The molecule has 0 radical (unpaired) electrons. The van der Waals surface area contributed by atoms with E-state index in [4.69, 9.17) is 4.74 Å². The number of aliphatic hydroxyl groups is 1. The first-order valence-electron chi connectivity index (χ1n) is 9.16. The van der Waals surface area contributed by atoms with Gasteiger partial charge >= 0.3 is 0 Å². The molecule has 1 N–H and O–H groups in total. The minimum Gasteiger partial charge on any atom is -0.396 e. The first-order chi connectivity index (χ1) is 12.1. The van der Waals surface area contributed by atoms with Gasteiger partial charge in [0.25, 0.3) is 0 Å². The number of para-hydroxylation sites is 1. The Kier molecular flexibility index (Phi) is 6.12. The monoisotopic (exact) mass is 345 g/mol. The Hall–Kier alpha value is -1.40. The highest BCUT2D eigenvalue weighted by Crippen LogP contribution is 2.27. The summed E-state index contributed by atoms with van der Waals surface area (Å²) >= 11 is 0. The van der Waals surface area contributed by atoms with E-state index in [-0.39, 0.29) is 6.61 Å². The highest BCUT2D eigenvalue weighted by Gasteiger charge is 2.33. The van der Waals surface area contributed by atoms with E-state index in [9.17, 15) is 5.11 Å². The van der Waals surface area contributed by atoms with Gasteiger partial charge in [-0.25, -0.2) is 0 Å². The minimum atomic E-state index is 0.272. The Balaban J connectivity index is 1.64. The van der Waals surface area contributed by atoms with Gasteiger partial charge in [-0.3, -0.25) is 4.90 Å². The van der Waals surface area contributed by atoms with Crippen LogP contribution in [0.2, 0.25) is 0 Å². The fourth-order valence-electron chi connectivity index (χ4n) is 4.04. The van der Waals surface area contributed by atoms with Crippen LogP contribution in [0.4, 0.5) is 0 Å². The molecule has 1 aliphatic heterocycles. The van der Waals surface area contributed by atoms with E-state index in [2.05, 4.69) is 58.8 Å². The molecular formula is C20H31N3O2. The lowest BCUT2D eigenvalue weighted by molar-refractivity contribution is 0.136. The normalized spacial score (nSPS) is 21.6. The second kappa shape index (κ2) is 8.32. The van der Waals surface area contributed by atoms with Gasteiger partial charge in [0.05, 0.1) is 6.61 Å². The van der Waals surface area contributed by atoms with E-state index in [1.807, 2.05) is 0 Å². The summed E-state index contributed by atoms with van der Waals surface area (Å²) in [7, 11) is 6.03. The maximum atomic E-state index is 9.80. The molecule has 1 aliphatic rings. The molecule has 0 unspecified atom stereocenters. The Morgan fingerprint density at radius 2 is 2.00 bits per heavy atom. The number of benzene rings is 1. The second-order valence-electron chi connectivity index (χ2n) is 7.41. The number of hydrogen-bond acceptors (Lipinski definition) is 4. The molecular weight excluding hydrogens is 314 g/mol. The molecule has 0 amide bonds. The lowest BCUT2D eigenvalue weighted by Crippen LogP contribution is -2.33. The SMILES string of the molecule is COCCN(C)C[C@@H]1CN(Cc2cc3ccccc3n2C)C[C@@H]1CO. The van der Waals surface area contributed by atoms with Crippen LogP contribution in [0.3, 0.4) is 0 Å². The minimum absolute atomic E-state index is 0.272. The molecule has 1 fully saturated rings. The molecule has 2 atom stereocenters. The Morgan fingerprint density at radius 1 is 1.24 bits per heavy atom. The zero-order valence-corrected chi connectivity index (χ0v) is 15.7. The van der Waals surface area contributed by atoms with Crippen molar-refractivity contribution in [1.82, 2.24) is 14.4 Å². The average molecular weight is 345 g/mol. The number of fused-ring (bicyclic) bond motifs is 1. The van der Waals surface area contributed by atoms with Gasteiger partial charge in [-0.1, -0.05) is 18.2 Å². The Labute approximate surface area is 150 Å². The molecule has 0 spiro atoms. The van der Waals surface area contributed by atoms with Crippen molar-refractivity contribution in [3.8, 4) is 0 Å². The van der Waals surface area contributed by atoms with Gasteiger partial charge in [0, 0.05) is 64.7 Å². The smallest absolute Gasteiger partial charge is 0.0589 e. The first-order valence-corrected chi connectivity index (χ1v) is 9.16. The number of ether oxygens (including phenoxy) is 1. The molecule has 0 saturated carbocycles. The number of aliphatic hydroxyl groups excluding tert-OH is 1. The first kappa shape index (κ1) is 18.4. The fraction of sp³-hybridized carbons (Fsp3) is 0.600. The highest BCUT2D eigenvalue weighted by molar-refractivity contribution is 5.81. The van der Waals surface area contributed by atoms with Gasteiger partial charge in [0.15, 0.2) is 0 Å². The van der Waals surface area contributed by atoms with Crippen molar-refractivity contribution >= 4 is 10.9 Å². The molecule has 25 heavy (non-hydrogen) atoms. The van der Waals surface area contributed by atoms with Crippen LogP contribution in [-0.2, 0) is 18.3 Å². The molecule has 5 heteroatoms. The van der Waals surface area contributed by atoms with Gasteiger partial charge in [-0.2, -0.15) is 0 Å². The number of nitrogens with zero attached hydrogens (tertiary/aromatic N) is 3. The van der Waals surface area contributed by atoms with Gasteiger partial charge in [-0.15, -0.1) is 0 Å². The van der Waals surface area contributed by atoms with Crippen molar-refractivity contribution in [2.75, 3.05) is 53.6 Å². The molecule has 1 aromatic carbocycles. The molecule has 2 heterocycles. The van der Waals surface area contributed by atoms with Crippen LogP contribution in [-0.4, -0.2) is 73.0 Å². The summed E-state index contributed by atoms with van der Waals surface area (Å²) in [5.74, 6) is 0.876. The largest absolute Gasteiger partial charge is 0.396 e. The van der Waals surface area contributed by atoms with Crippen molar-refractivity contribution in [3.05, 3.63) is 36.0 Å². The number of likely N-dealkylation sites (N-methyl/N-ethyl adjacent to an activating group) is 1. The second-order valence-corrected chi connectivity index (χ2v) is 7.41. The standard InChI is InChI=1S/C20H31N3O2/c1-21(8-9-25-3)11-17-12-23(13-18(17)15-24)14-19-10-16-6-4-5-7-20(16)22(19)2/h4-7,10,17-18,24H,8-9,11-15H2,1-3H3/t17-,18-/m1/s1. The molecule has 138 valence electrons. The van der Waals surface area contributed by atoms with Gasteiger partial charge < -0.3 is 19.3 Å². The van der Waals surface area contributed by atoms with Crippen LogP contribution in [0.5, 0.6) is 0 Å². The van der Waals surface area contributed by atoms with Crippen LogP contribution in [0, 0.1) is 11.8 Å². The third-order valence-corrected chi connectivity index (χ3v) is 5.55. The van der Waals surface area contributed by atoms with E-state index >= 15 is 0 Å². The van der Waals surface area contributed by atoms with Crippen molar-refractivity contribution in [2.24, 2.45) is 18.9 Å². The van der Waals surface area contributed by atoms with E-state index in [1.165, 1.54) is 16.6 Å². The summed E-state index contributed by atoms with van der Waals surface area (Å²) in [6, 6.07) is 10.8. The molecule has 1 aromatic heterocycles. The third kappa shape index (κ3) is 4.23. The van der Waals surface area contributed by atoms with E-state index in [0.717, 1.165) is 39.3 Å². The molecule has 5 nitrogen and oxygen atoms in total. The highest BCUT2D eigenvalue weighted by atomic mass is 16.5. The molecule has 1 saturated heterocycles. The number of aromatic nitrogens is 1. The van der Waals surface area contributed by atoms with Crippen molar-refractivity contribution < 1.29 is 9.84 Å². The number of aryl methyl sites for hydroxylation is 1. The van der Waals surface area contributed by atoms with Crippen LogP contribution in [0.25, 0.3) is 10.9 Å². The van der Waals surface area contributed by atoms with Gasteiger partial charge in [0.2, 0.25) is 0 Å². The van der Waals surface area contributed by atoms with Crippen LogP contribution in [0.15, 0.2) is 30.3 Å². The summed E-state index contributed by atoms with van der Waals surface area (Å²) in [4.78, 5) is 4.81. The number of methoxy groups -OCH3 is 1. The lowest BCUT2D eigenvalue weighted by atomic mass is 9.96. The van der Waals surface area contributed by atoms with Crippen molar-refractivity contribution in [1.29, 1.82) is 0 Å². The number of likely N-dealkylation sites (tertiary alicyclic amines) is 1. The molecule has 0 bridgehead atoms. The zero-order chi connectivity index (χ0) is 17.8. The summed E-state index contributed by atoms with van der Waals surface area (Å²) < 4.78 is 7.46. The van der Waals surface area contributed by atoms with E-state index in [1.54, 1.807) is 7.11 Å². The van der Waals surface area contributed by atoms with E-state index < -0.39 is 0 Å². The fourth-order valence-corrected chi connectivity index (χ4v) is 4.04. The Bertz CT molecular complexity index is 685. The van der Waals surface area contributed by atoms with Crippen LogP contribution >= 0.6 is 0 Å². The summed E-state index contributed by atoms with van der Waals surface area (Å²) in [5, 5.41) is 11.1. The van der Waals surface area contributed by atoms with Gasteiger partial charge in [-0.05, 0) is 36.4 Å². The summed E-state index contributed by atoms with van der Waals surface area (Å²) in [5.41, 5.74) is 2.62. The Morgan fingerprint density at radius 3 is 2.72 bits per heavy atom. The zero-order valence-electron chi connectivity index (χ0n) is 15.7. The predicted octanol–water partition coefficient (Wildman–Crippen LogP) is 1.80.